The molecule has 3 nitrogen and oxygen atoms in total. The molecule has 0 amide bonds. The molecule has 0 aliphatic rings. The number of methoxy groups -OCH3 is 1. The van der Waals surface area contributed by atoms with Gasteiger partial charge in [0.15, 0.2) is 0 Å². The van der Waals surface area contributed by atoms with E-state index in [0.29, 0.717) is 28.0 Å². The van der Waals surface area contributed by atoms with E-state index in [-0.39, 0.29) is 5.02 Å². The van der Waals surface area contributed by atoms with Gasteiger partial charge < -0.3 is 9.84 Å². The van der Waals surface area contributed by atoms with Crippen molar-refractivity contribution in [2.45, 2.75) is 6.10 Å². The Morgan fingerprint density at radius 1 is 1.40 bits per heavy atom. The molecule has 0 saturated carbocycles. The van der Waals surface area contributed by atoms with Crippen molar-refractivity contribution in [3.05, 3.63) is 46.9 Å². The predicted molar refractivity (Wildman–Crippen MR) is 79.9 cm³/mol. The van der Waals surface area contributed by atoms with Gasteiger partial charge in [-0.25, -0.2) is 9.37 Å². The van der Waals surface area contributed by atoms with Gasteiger partial charge in [0.2, 0.25) is 0 Å². The van der Waals surface area contributed by atoms with Crippen LogP contribution in [0.15, 0.2) is 30.3 Å². The summed E-state index contributed by atoms with van der Waals surface area (Å²) in [7, 11) is 1.52. The van der Waals surface area contributed by atoms with E-state index in [0.717, 1.165) is 0 Å². The van der Waals surface area contributed by atoms with Crippen LogP contribution in [-0.4, -0.2) is 22.5 Å². The Morgan fingerprint density at radius 2 is 2.15 bits per heavy atom. The molecule has 1 aromatic heterocycles. The lowest BCUT2D eigenvalue weighted by molar-refractivity contribution is 0.200. The fraction of sp³-hybridized carbons (Fsp3) is 0.214. The van der Waals surface area contributed by atoms with E-state index in [1.165, 1.54) is 19.2 Å². The number of hydrogen-bond acceptors (Lipinski definition) is 3. The molecule has 2 aromatic rings. The number of aliphatic hydroxyl groups excluding tert-OH is 1. The first kappa shape index (κ1) is 15.2. The standard InChI is InChI=1S/C14H12BrClFNO2/c1-20-13-5-4-11(12(19)7-15)18-14(13)8-2-3-10(17)9(16)6-8/h2-6,12,19H,7H2,1H3. The Balaban J connectivity index is 2.54. The van der Waals surface area contributed by atoms with Gasteiger partial charge in [0.05, 0.1) is 17.8 Å². The smallest absolute Gasteiger partial charge is 0.145 e. The minimum atomic E-state index is -0.726. The summed E-state index contributed by atoms with van der Waals surface area (Å²) in [6.45, 7) is 0. The topological polar surface area (TPSA) is 42.4 Å². The number of alkyl halides is 1. The van der Waals surface area contributed by atoms with E-state index in [2.05, 4.69) is 20.9 Å². The van der Waals surface area contributed by atoms with Crippen molar-refractivity contribution < 1.29 is 14.2 Å². The molecular formula is C14H12BrClFNO2. The molecule has 0 aliphatic heterocycles. The molecule has 1 aromatic carbocycles. The van der Waals surface area contributed by atoms with Crippen LogP contribution in [0.4, 0.5) is 4.39 Å². The first-order valence-electron chi connectivity index (χ1n) is 5.81. The van der Waals surface area contributed by atoms with E-state index in [1.54, 1.807) is 18.2 Å². The number of nitrogens with zero attached hydrogens (tertiary/aromatic N) is 1. The molecule has 0 radical (unpaired) electrons. The van der Waals surface area contributed by atoms with E-state index < -0.39 is 11.9 Å². The molecule has 20 heavy (non-hydrogen) atoms. The van der Waals surface area contributed by atoms with Crippen LogP contribution in [0.5, 0.6) is 5.75 Å². The highest BCUT2D eigenvalue weighted by Crippen LogP contribution is 2.32. The lowest BCUT2D eigenvalue weighted by atomic mass is 10.1. The molecule has 0 aliphatic carbocycles. The fourth-order valence-corrected chi connectivity index (χ4v) is 2.25. The Kier molecular flexibility index (Phi) is 4.96. The molecule has 1 atom stereocenters. The largest absolute Gasteiger partial charge is 0.494 e. The lowest BCUT2D eigenvalue weighted by Crippen LogP contribution is -2.03. The zero-order valence-corrected chi connectivity index (χ0v) is 12.9. The van der Waals surface area contributed by atoms with Gasteiger partial charge in [0.1, 0.15) is 23.4 Å². The molecule has 0 bridgehead atoms. The van der Waals surface area contributed by atoms with Crippen molar-refractivity contribution >= 4 is 27.5 Å². The quantitative estimate of drug-likeness (QED) is 0.839. The first-order chi connectivity index (χ1) is 9.56. The monoisotopic (exact) mass is 359 g/mol. The molecule has 2 rings (SSSR count). The summed E-state index contributed by atoms with van der Waals surface area (Å²) < 4.78 is 18.5. The van der Waals surface area contributed by atoms with E-state index in [9.17, 15) is 9.50 Å². The maximum Gasteiger partial charge on any atom is 0.145 e. The van der Waals surface area contributed by atoms with Crippen molar-refractivity contribution in [2.75, 3.05) is 12.4 Å². The van der Waals surface area contributed by atoms with Crippen LogP contribution in [-0.2, 0) is 0 Å². The van der Waals surface area contributed by atoms with Gasteiger partial charge >= 0.3 is 0 Å². The van der Waals surface area contributed by atoms with Crippen LogP contribution >= 0.6 is 27.5 Å². The normalized spacial score (nSPS) is 12.2. The summed E-state index contributed by atoms with van der Waals surface area (Å²) in [6, 6.07) is 7.70. The van der Waals surface area contributed by atoms with Gasteiger partial charge in [-0.1, -0.05) is 27.5 Å². The molecule has 1 N–H and O–H groups in total. The van der Waals surface area contributed by atoms with Gasteiger partial charge in [-0.2, -0.15) is 0 Å². The van der Waals surface area contributed by atoms with Crippen molar-refractivity contribution in [1.82, 2.24) is 4.98 Å². The lowest BCUT2D eigenvalue weighted by Gasteiger charge is -2.12. The van der Waals surface area contributed by atoms with Gasteiger partial charge in [-0.15, -0.1) is 0 Å². The summed E-state index contributed by atoms with van der Waals surface area (Å²) in [4.78, 5) is 4.37. The Hall–Kier alpha value is -1.17. The molecule has 1 unspecified atom stereocenters. The fourth-order valence-electron chi connectivity index (χ4n) is 1.74. The van der Waals surface area contributed by atoms with Crippen LogP contribution in [0.25, 0.3) is 11.3 Å². The molecule has 106 valence electrons. The zero-order chi connectivity index (χ0) is 14.7. The third kappa shape index (κ3) is 3.11. The number of rotatable bonds is 4. The number of hydrogen-bond donors (Lipinski definition) is 1. The van der Waals surface area contributed by atoms with Crippen LogP contribution in [0.1, 0.15) is 11.8 Å². The van der Waals surface area contributed by atoms with Crippen LogP contribution in [0.3, 0.4) is 0 Å². The highest BCUT2D eigenvalue weighted by atomic mass is 79.9. The average Bonchev–Trinajstić information content (AvgIpc) is 2.48. The van der Waals surface area contributed by atoms with Crippen molar-refractivity contribution in [2.24, 2.45) is 0 Å². The number of aromatic nitrogens is 1. The predicted octanol–water partition coefficient (Wildman–Crippen LogP) is 3.98. The number of pyridine rings is 1. The Labute approximate surface area is 129 Å². The second-order valence-electron chi connectivity index (χ2n) is 4.09. The average molecular weight is 361 g/mol. The van der Waals surface area contributed by atoms with Gasteiger partial charge in [-0.3, -0.25) is 0 Å². The number of halogens is 3. The molecule has 0 fully saturated rings. The molecule has 0 spiro atoms. The SMILES string of the molecule is COc1ccc(C(O)CBr)nc1-c1ccc(F)c(Cl)c1. The van der Waals surface area contributed by atoms with Gasteiger partial charge in [0, 0.05) is 10.9 Å². The van der Waals surface area contributed by atoms with Crippen molar-refractivity contribution in [3.63, 3.8) is 0 Å². The zero-order valence-electron chi connectivity index (χ0n) is 10.6. The highest BCUT2D eigenvalue weighted by molar-refractivity contribution is 9.09. The molecule has 1 heterocycles. The number of benzene rings is 1. The summed E-state index contributed by atoms with van der Waals surface area (Å²) in [5, 5.41) is 10.2. The van der Waals surface area contributed by atoms with Crippen LogP contribution < -0.4 is 4.74 Å². The minimum Gasteiger partial charge on any atom is -0.494 e. The third-order valence-corrected chi connectivity index (χ3v) is 3.68. The van der Waals surface area contributed by atoms with E-state index >= 15 is 0 Å². The summed E-state index contributed by atoms with van der Waals surface area (Å²) in [5.74, 6) is 0.0317. The maximum atomic E-state index is 13.2. The highest BCUT2D eigenvalue weighted by Gasteiger charge is 2.14. The van der Waals surface area contributed by atoms with Crippen molar-refractivity contribution in [1.29, 1.82) is 0 Å². The third-order valence-electron chi connectivity index (χ3n) is 2.78. The second-order valence-corrected chi connectivity index (χ2v) is 5.14. The first-order valence-corrected chi connectivity index (χ1v) is 7.31. The Morgan fingerprint density at radius 3 is 2.75 bits per heavy atom. The van der Waals surface area contributed by atoms with E-state index in [4.69, 9.17) is 16.3 Å². The molecular weight excluding hydrogens is 349 g/mol. The summed E-state index contributed by atoms with van der Waals surface area (Å²) >= 11 is 8.99. The minimum absolute atomic E-state index is 0.0118. The molecule has 6 heteroatoms. The van der Waals surface area contributed by atoms with E-state index in [1.807, 2.05) is 0 Å². The number of ether oxygens (including phenoxy) is 1. The number of aliphatic hydroxyl groups is 1. The molecule has 0 saturated heterocycles. The van der Waals surface area contributed by atoms with Crippen LogP contribution in [0.2, 0.25) is 5.02 Å². The van der Waals surface area contributed by atoms with Crippen molar-refractivity contribution in [3.8, 4) is 17.0 Å². The Bertz CT molecular complexity index is 624. The summed E-state index contributed by atoms with van der Waals surface area (Å²) in [6.07, 6.45) is -0.726. The van der Waals surface area contributed by atoms with Gasteiger partial charge in [-0.05, 0) is 30.3 Å². The van der Waals surface area contributed by atoms with Gasteiger partial charge in [0.25, 0.3) is 0 Å². The second kappa shape index (κ2) is 6.52. The van der Waals surface area contributed by atoms with Crippen LogP contribution in [0, 0.1) is 5.82 Å². The summed E-state index contributed by atoms with van der Waals surface area (Å²) in [5.41, 5.74) is 1.63. The maximum absolute atomic E-state index is 13.2.